The fourth-order valence-corrected chi connectivity index (χ4v) is 1.77. The first-order valence-electron chi connectivity index (χ1n) is 6.34. The van der Waals surface area contributed by atoms with Crippen molar-refractivity contribution in [1.82, 2.24) is 15.1 Å². The van der Waals surface area contributed by atoms with Crippen molar-refractivity contribution in [3.63, 3.8) is 0 Å². The van der Waals surface area contributed by atoms with Gasteiger partial charge in [0.2, 0.25) is 11.8 Å². The molecular weight excluding hydrogens is 256 g/mol. The van der Waals surface area contributed by atoms with E-state index < -0.39 is 0 Å². The predicted octanol–water partition coefficient (Wildman–Crippen LogP) is 2.66. The number of benzene rings is 1. The molecule has 0 bridgehead atoms. The summed E-state index contributed by atoms with van der Waals surface area (Å²) in [5.74, 6) is 0.907. The molecule has 2 amide bonds. The lowest BCUT2D eigenvalue weighted by Gasteiger charge is -2.17. The predicted molar refractivity (Wildman–Crippen MR) is 75.4 cm³/mol. The summed E-state index contributed by atoms with van der Waals surface area (Å²) >= 11 is 0. The zero-order chi connectivity index (χ0) is 14.7. The minimum Gasteiger partial charge on any atom is -0.424 e. The van der Waals surface area contributed by atoms with Gasteiger partial charge in [-0.2, -0.15) is 0 Å². The van der Waals surface area contributed by atoms with Crippen LogP contribution in [0, 0.1) is 20.8 Å². The lowest BCUT2D eigenvalue weighted by atomic mass is 10.1. The molecule has 106 valence electrons. The molecule has 0 fully saturated rings. The summed E-state index contributed by atoms with van der Waals surface area (Å²) in [5, 5.41) is 10.5. The van der Waals surface area contributed by atoms with E-state index in [0.29, 0.717) is 11.8 Å². The number of amides is 2. The Bertz CT molecular complexity index is 621. The summed E-state index contributed by atoms with van der Waals surface area (Å²) in [5.41, 5.74) is 3.00. The van der Waals surface area contributed by atoms with Crippen LogP contribution in [0.2, 0.25) is 0 Å². The average Bonchev–Trinajstić information content (AvgIpc) is 2.80. The lowest BCUT2D eigenvalue weighted by molar-refractivity contribution is 0.215. The van der Waals surface area contributed by atoms with Crippen LogP contribution in [0.1, 0.15) is 22.9 Å². The Morgan fingerprint density at radius 3 is 2.70 bits per heavy atom. The van der Waals surface area contributed by atoms with Gasteiger partial charge in [-0.25, -0.2) is 4.79 Å². The zero-order valence-corrected chi connectivity index (χ0v) is 12.1. The van der Waals surface area contributed by atoms with E-state index in [-0.39, 0.29) is 12.6 Å². The monoisotopic (exact) mass is 274 g/mol. The molecule has 0 aliphatic rings. The molecule has 0 spiro atoms. The van der Waals surface area contributed by atoms with Crippen LogP contribution in [-0.4, -0.2) is 28.2 Å². The Kier molecular flexibility index (Phi) is 4.02. The molecule has 6 nitrogen and oxygen atoms in total. The fraction of sp³-hybridized carbons (Fsp3) is 0.357. The molecular formula is C14H18N4O2. The Balaban J connectivity index is 2.02. The first kappa shape index (κ1) is 14.0. The van der Waals surface area contributed by atoms with Gasteiger partial charge in [-0.3, -0.25) is 0 Å². The van der Waals surface area contributed by atoms with E-state index in [1.807, 2.05) is 32.0 Å². The van der Waals surface area contributed by atoms with Crippen molar-refractivity contribution >= 4 is 11.7 Å². The smallest absolute Gasteiger partial charge is 0.322 e. The molecule has 0 radical (unpaired) electrons. The molecule has 1 aromatic heterocycles. The Hall–Kier alpha value is -2.37. The molecule has 2 rings (SSSR count). The van der Waals surface area contributed by atoms with Gasteiger partial charge >= 0.3 is 6.03 Å². The molecule has 0 aliphatic carbocycles. The standard InChI is InChI=1S/C14H18N4O2/c1-9-6-5-7-12(10(9)2)15-14(19)18(4)8-13-17-16-11(3)20-13/h5-7H,8H2,1-4H3,(H,15,19). The molecule has 1 aromatic carbocycles. The number of hydrogen-bond acceptors (Lipinski definition) is 4. The van der Waals surface area contributed by atoms with E-state index in [0.717, 1.165) is 16.8 Å². The van der Waals surface area contributed by atoms with Gasteiger partial charge in [-0.1, -0.05) is 12.1 Å². The van der Waals surface area contributed by atoms with E-state index in [4.69, 9.17) is 4.42 Å². The van der Waals surface area contributed by atoms with Crippen LogP contribution in [0.15, 0.2) is 22.6 Å². The molecule has 0 saturated carbocycles. The number of hydrogen-bond donors (Lipinski definition) is 1. The maximum atomic E-state index is 12.1. The van der Waals surface area contributed by atoms with E-state index in [9.17, 15) is 4.79 Å². The topological polar surface area (TPSA) is 71.3 Å². The Morgan fingerprint density at radius 1 is 1.30 bits per heavy atom. The third-order valence-corrected chi connectivity index (χ3v) is 3.13. The van der Waals surface area contributed by atoms with E-state index >= 15 is 0 Å². The molecule has 1 N–H and O–H groups in total. The Morgan fingerprint density at radius 2 is 2.05 bits per heavy atom. The second-order valence-electron chi connectivity index (χ2n) is 4.75. The second kappa shape index (κ2) is 5.73. The molecule has 1 heterocycles. The van der Waals surface area contributed by atoms with Gasteiger partial charge in [0.1, 0.15) is 6.54 Å². The highest BCUT2D eigenvalue weighted by Crippen LogP contribution is 2.18. The molecule has 6 heteroatoms. The first-order chi connectivity index (χ1) is 9.47. The van der Waals surface area contributed by atoms with Gasteiger partial charge in [0.05, 0.1) is 0 Å². The summed E-state index contributed by atoms with van der Waals surface area (Å²) in [7, 11) is 1.68. The minimum absolute atomic E-state index is 0.213. The van der Waals surface area contributed by atoms with Crippen LogP contribution in [0.5, 0.6) is 0 Å². The van der Waals surface area contributed by atoms with Crippen molar-refractivity contribution < 1.29 is 9.21 Å². The third-order valence-electron chi connectivity index (χ3n) is 3.13. The minimum atomic E-state index is -0.213. The van der Waals surface area contributed by atoms with Gasteiger partial charge in [0.25, 0.3) is 0 Å². The summed E-state index contributed by atoms with van der Waals surface area (Å²) in [4.78, 5) is 13.6. The number of aryl methyl sites for hydroxylation is 2. The number of aromatic nitrogens is 2. The first-order valence-corrected chi connectivity index (χ1v) is 6.34. The van der Waals surface area contributed by atoms with Gasteiger partial charge in [-0.05, 0) is 31.0 Å². The normalized spacial score (nSPS) is 10.4. The van der Waals surface area contributed by atoms with Crippen LogP contribution in [-0.2, 0) is 6.54 Å². The van der Waals surface area contributed by atoms with E-state index in [2.05, 4.69) is 15.5 Å². The highest BCUT2D eigenvalue weighted by atomic mass is 16.4. The maximum Gasteiger partial charge on any atom is 0.322 e. The second-order valence-corrected chi connectivity index (χ2v) is 4.75. The average molecular weight is 274 g/mol. The number of anilines is 1. The van der Waals surface area contributed by atoms with Crippen LogP contribution < -0.4 is 5.32 Å². The van der Waals surface area contributed by atoms with Gasteiger partial charge < -0.3 is 14.6 Å². The van der Waals surface area contributed by atoms with Crippen molar-refractivity contribution in [3.05, 3.63) is 41.1 Å². The Labute approximate surface area is 117 Å². The summed E-state index contributed by atoms with van der Waals surface area (Å²) in [6.07, 6.45) is 0. The van der Waals surface area contributed by atoms with Gasteiger partial charge in [0, 0.05) is 19.7 Å². The molecule has 0 aliphatic heterocycles. The number of rotatable bonds is 3. The summed E-state index contributed by atoms with van der Waals surface area (Å²) < 4.78 is 5.25. The van der Waals surface area contributed by atoms with Crippen LogP contribution in [0.4, 0.5) is 10.5 Å². The SMILES string of the molecule is Cc1nnc(CN(C)C(=O)Nc2cccc(C)c2C)o1. The molecule has 0 unspecified atom stereocenters. The summed E-state index contributed by atoms with van der Waals surface area (Å²) in [6.45, 7) is 5.98. The highest BCUT2D eigenvalue weighted by Gasteiger charge is 2.14. The highest BCUT2D eigenvalue weighted by molar-refractivity contribution is 5.90. The quantitative estimate of drug-likeness (QED) is 0.934. The van der Waals surface area contributed by atoms with E-state index in [1.165, 1.54) is 4.90 Å². The third kappa shape index (κ3) is 3.14. The summed E-state index contributed by atoms with van der Waals surface area (Å²) in [6, 6.07) is 5.59. The van der Waals surface area contributed by atoms with Crippen molar-refractivity contribution in [2.75, 3.05) is 12.4 Å². The largest absolute Gasteiger partial charge is 0.424 e. The van der Waals surface area contributed by atoms with Crippen LogP contribution in [0.3, 0.4) is 0 Å². The molecule has 2 aromatic rings. The number of urea groups is 1. The van der Waals surface area contributed by atoms with Gasteiger partial charge in [-0.15, -0.1) is 10.2 Å². The zero-order valence-electron chi connectivity index (χ0n) is 12.1. The number of carbonyl (C=O) groups is 1. The maximum absolute atomic E-state index is 12.1. The molecule has 0 saturated heterocycles. The molecule has 0 atom stereocenters. The number of carbonyl (C=O) groups excluding carboxylic acids is 1. The van der Waals surface area contributed by atoms with Crippen molar-refractivity contribution in [3.8, 4) is 0 Å². The van der Waals surface area contributed by atoms with Crippen molar-refractivity contribution in [2.45, 2.75) is 27.3 Å². The van der Waals surface area contributed by atoms with Crippen molar-refractivity contribution in [2.24, 2.45) is 0 Å². The number of nitrogens with zero attached hydrogens (tertiary/aromatic N) is 3. The van der Waals surface area contributed by atoms with Crippen LogP contribution >= 0.6 is 0 Å². The van der Waals surface area contributed by atoms with Crippen molar-refractivity contribution in [1.29, 1.82) is 0 Å². The van der Waals surface area contributed by atoms with Crippen LogP contribution in [0.25, 0.3) is 0 Å². The lowest BCUT2D eigenvalue weighted by Crippen LogP contribution is -2.31. The van der Waals surface area contributed by atoms with E-state index in [1.54, 1.807) is 14.0 Å². The van der Waals surface area contributed by atoms with Gasteiger partial charge in [0.15, 0.2) is 0 Å². The fourth-order valence-electron chi connectivity index (χ4n) is 1.77. The number of nitrogens with one attached hydrogen (secondary N) is 1. The molecule has 20 heavy (non-hydrogen) atoms.